The first-order valence-electron chi connectivity index (χ1n) is 7.53. The zero-order valence-electron chi connectivity index (χ0n) is 13.2. The monoisotopic (exact) mass is 347 g/mol. The van der Waals surface area contributed by atoms with E-state index in [0.717, 1.165) is 18.5 Å². The van der Waals surface area contributed by atoms with Crippen molar-refractivity contribution >= 4 is 29.1 Å². The molecule has 24 heavy (non-hydrogen) atoms. The van der Waals surface area contributed by atoms with Gasteiger partial charge in [0.05, 0.1) is 13.2 Å². The normalized spacial score (nSPS) is 16.4. The molecule has 1 aromatic heterocycles. The van der Waals surface area contributed by atoms with Crippen molar-refractivity contribution in [1.82, 2.24) is 9.97 Å². The van der Waals surface area contributed by atoms with E-state index in [1.54, 1.807) is 6.07 Å². The van der Waals surface area contributed by atoms with Crippen LogP contribution < -0.4 is 15.8 Å². The van der Waals surface area contributed by atoms with Gasteiger partial charge in [0.25, 0.3) is 6.02 Å². The van der Waals surface area contributed by atoms with Gasteiger partial charge >= 0.3 is 6.01 Å². The van der Waals surface area contributed by atoms with Crippen molar-refractivity contribution in [3.05, 3.63) is 41.0 Å². The molecular formula is C16H18ClN5O2. The van der Waals surface area contributed by atoms with E-state index in [1.165, 1.54) is 12.7 Å². The molecule has 0 spiro atoms. The van der Waals surface area contributed by atoms with Gasteiger partial charge in [-0.1, -0.05) is 23.7 Å². The Bertz CT molecular complexity index is 736. The lowest BCUT2D eigenvalue weighted by Gasteiger charge is -2.09. The van der Waals surface area contributed by atoms with Gasteiger partial charge in [-0.2, -0.15) is 9.97 Å². The highest BCUT2D eigenvalue weighted by Gasteiger charge is 2.16. The standard InChI is InChI=1S/C16H18ClN5O2/c1-23-16-21-13(17)8-14(22-16)19-11-5-2-10(3-6-11)4-7-12-9-24-15(18)20-12/h2-3,5-6,8,12H,4,7,9H2,1H3,(H2,18,20)(H,19,21,22)/t12-/m0/s1. The SMILES string of the molecule is COc1nc(Cl)cc(Nc2ccc(CC[C@H]3COC(N)=N3)cc2)n1. The maximum absolute atomic E-state index is 5.93. The van der Waals surface area contributed by atoms with Crippen LogP contribution in [0.1, 0.15) is 12.0 Å². The van der Waals surface area contributed by atoms with Crippen LogP contribution in [0.25, 0.3) is 0 Å². The summed E-state index contributed by atoms with van der Waals surface area (Å²) >= 11 is 5.93. The molecule has 7 nitrogen and oxygen atoms in total. The van der Waals surface area contributed by atoms with Gasteiger partial charge in [-0.05, 0) is 30.5 Å². The molecule has 1 atom stereocenters. The number of aromatic nitrogens is 2. The highest BCUT2D eigenvalue weighted by Crippen LogP contribution is 2.21. The molecule has 126 valence electrons. The molecule has 0 fully saturated rings. The van der Waals surface area contributed by atoms with E-state index in [2.05, 4.69) is 32.4 Å². The van der Waals surface area contributed by atoms with Crippen molar-refractivity contribution < 1.29 is 9.47 Å². The van der Waals surface area contributed by atoms with E-state index in [-0.39, 0.29) is 12.1 Å². The molecule has 1 aromatic carbocycles. The van der Waals surface area contributed by atoms with Crippen LogP contribution in [-0.4, -0.2) is 35.7 Å². The lowest BCUT2D eigenvalue weighted by molar-refractivity contribution is 0.308. The number of rotatable bonds is 6. The second kappa shape index (κ2) is 7.35. The molecule has 0 amide bonds. The van der Waals surface area contributed by atoms with Gasteiger partial charge in [0.2, 0.25) is 0 Å². The summed E-state index contributed by atoms with van der Waals surface area (Å²) in [4.78, 5) is 12.4. The molecule has 3 rings (SSSR count). The summed E-state index contributed by atoms with van der Waals surface area (Å²) in [5, 5.41) is 3.49. The summed E-state index contributed by atoms with van der Waals surface area (Å²) in [5.74, 6) is 0.576. The zero-order valence-corrected chi connectivity index (χ0v) is 14.0. The highest BCUT2D eigenvalue weighted by molar-refractivity contribution is 6.29. The molecule has 3 N–H and O–H groups in total. The van der Waals surface area contributed by atoms with Crippen LogP contribution in [0.15, 0.2) is 35.3 Å². The van der Waals surface area contributed by atoms with Crippen LogP contribution in [0.3, 0.4) is 0 Å². The Morgan fingerprint density at radius 2 is 2.12 bits per heavy atom. The Morgan fingerprint density at radius 1 is 1.33 bits per heavy atom. The third-order valence-corrected chi connectivity index (χ3v) is 3.78. The van der Waals surface area contributed by atoms with Gasteiger partial charge in [-0.15, -0.1) is 0 Å². The number of ether oxygens (including phenoxy) is 2. The molecule has 0 bridgehead atoms. The fourth-order valence-corrected chi connectivity index (χ4v) is 2.55. The van der Waals surface area contributed by atoms with Crippen LogP contribution >= 0.6 is 11.6 Å². The van der Waals surface area contributed by atoms with E-state index < -0.39 is 0 Å². The van der Waals surface area contributed by atoms with Crippen molar-refractivity contribution in [3.63, 3.8) is 0 Å². The molecule has 8 heteroatoms. The van der Waals surface area contributed by atoms with Gasteiger partial charge in [0.15, 0.2) is 0 Å². The number of aliphatic imine (C=N–C) groups is 1. The number of nitrogens with one attached hydrogen (secondary N) is 1. The number of nitrogens with zero attached hydrogens (tertiary/aromatic N) is 3. The highest BCUT2D eigenvalue weighted by atomic mass is 35.5. The maximum atomic E-state index is 5.93. The van der Waals surface area contributed by atoms with Gasteiger partial charge < -0.3 is 20.5 Å². The number of anilines is 2. The average molecular weight is 348 g/mol. The third kappa shape index (κ3) is 4.26. The van der Waals surface area contributed by atoms with Crippen LogP contribution in [0, 0.1) is 0 Å². The lowest BCUT2D eigenvalue weighted by Crippen LogP contribution is -2.10. The molecule has 2 aromatic rings. The van der Waals surface area contributed by atoms with Gasteiger partial charge in [0.1, 0.15) is 17.6 Å². The second-order valence-corrected chi connectivity index (χ2v) is 5.74. The lowest BCUT2D eigenvalue weighted by atomic mass is 10.1. The first kappa shape index (κ1) is 16.3. The Morgan fingerprint density at radius 3 is 2.79 bits per heavy atom. The summed E-state index contributed by atoms with van der Waals surface area (Å²) in [6.07, 6.45) is 1.82. The van der Waals surface area contributed by atoms with Crippen LogP contribution in [0.2, 0.25) is 5.15 Å². The molecule has 0 saturated carbocycles. The van der Waals surface area contributed by atoms with Crippen molar-refractivity contribution in [1.29, 1.82) is 0 Å². The van der Waals surface area contributed by atoms with Gasteiger partial charge in [-0.3, -0.25) is 0 Å². The van der Waals surface area contributed by atoms with E-state index in [9.17, 15) is 0 Å². The van der Waals surface area contributed by atoms with Crippen LogP contribution in [0.4, 0.5) is 11.5 Å². The minimum Gasteiger partial charge on any atom is -0.467 e. The predicted molar refractivity (Wildman–Crippen MR) is 93.0 cm³/mol. The molecule has 0 unspecified atom stereocenters. The van der Waals surface area contributed by atoms with E-state index in [4.69, 9.17) is 26.8 Å². The number of hydrogen-bond donors (Lipinski definition) is 2. The maximum Gasteiger partial charge on any atom is 0.319 e. The van der Waals surface area contributed by atoms with E-state index in [1.807, 2.05) is 12.1 Å². The minimum atomic E-state index is 0.151. The predicted octanol–water partition coefficient (Wildman–Crippen LogP) is 2.53. The first-order chi connectivity index (χ1) is 11.6. The number of halogens is 1. The van der Waals surface area contributed by atoms with Crippen molar-refractivity contribution in [2.45, 2.75) is 18.9 Å². The van der Waals surface area contributed by atoms with Gasteiger partial charge in [-0.25, -0.2) is 4.99 Å². The number of nitrogens with two attached hydrogens (primary N) is 1. The van der Waals surface area contributed by atoms with E-state index in [0.29, 0.717) is 23.6 Å². The van der Waals surface area contributed by atoms with Crippen LogP contribution in [-0.2, 0) is 11.2 Å². The number of amidine groups is 1. The number of methoxy groups -OCH3 is 1. The van der Waals surface area contributed by atoms with Crippen molar-refractivity contribution in [2.24, 2.45) is 10.7 Å². The molecular weight excluding hydrogens is 330 g/mol. The fraction of sp³-hybridized carbons (Fsp3) is 0.312. The summed E-state index contributed by atoms with van der Waals surface area (Å²) in [6.45, 7) is 0.571. The molecule has 0 radical (unpaired) electrons. The topological polar surface area (TPSA) is 94.6 Å². The molecule has 2 heterocycles. The summed E-state index contributed by atoms with van der Waals surface area (Å²) in [7, 11) is 1.50. The zero-order chi connectivity index (χ0) is 16.9. The fourth-order valence-electron chi connectivity index (χ4n) is 2.37. The largest absolute Gasteiger partial charge is 0.467 e. The molecule has 0 aliphatic carbocycles. The Hall–Kier alpha value is -2.54. The Balaban J connectivity index is 1.59. The summed E-state index contributed by atoms with van der Waals surface area (Å²) < 4.78 is 10.2. The quantitative estimate of drug-likeness (QED) is 0.780. The molecule has 1 aliphatic heterocycles. The summed E-state index contributed by atoms with van der Waals surface area (Å²) in [6, 6.07) is 10.4. The Labute approximate surface area is 144 Å². The van der Waals surface area contributed by atoms with Crippen LogP contribution in [0.5, 0.6) is 6.01 Å². The van der Waals surface area contributed by atoms with Crippen molar-refractivity contribution in [2.75, 3.05) is 19.0 Å². The van der Waals surface area contributed by atoms with Gasteiger partial charge in [0, 0.05) is 11.8 Å². The number of aryl methyl sites for hydroxylation is 1. The minimum absolute atomic E-state index is 0.151. The number of benzene rings is 1. The Kier molecular flexibility index (Phi) is 5.00. The third-order valence-electron chi connectivity index (χ3n) is 3.58. The first-order valence-corrected chi connectivity index (χ1v) is 7.91. The summed E-state index contributed by atoms with van der Waals surface area (Å²) in [5.41, 5.74) is 7.64. The molecule has 0 saturated heterocycles. The second-order valence-electron chi connectivity index (χ2n) is 5.36. The smallest absolute Gasteiger partial charge is 0.319 e. The number of hydrogen-bond acceptors (Lipinski definition) is 7. The average Bonchev–Trinajstić information content (AvgIpc) is 2.99. The van der Waals surface area contributed by atoms with E-state index >= 15 is 0 Å². The molecule has 1 aliphatic rings. The van der Waals surface area contributed by atoms with Crippen molar-refractivity contribution in [3.8, 4) is 6.01 Å².